The molecule has 5 heteroatoms. The zero-order chi connectivity index (χ0) is 14.1. The normalized spacial score (nSPS) is 20.1. The molecule has 0 amide bonds. The zero-order valence-corrected chi connectivity index (χ0v) is 11.7. The van der Waals surface area contributed by atoms with Crippen molar-refractivity contribution >= 4 is 17.0 Å². The van der Waals surface area contributed by atoms with E-state index in [0.29, 0.717) is 17.6 Å². The fourth-order valence-corrected chi connectivity index (χ4v) is 3.09. The van der Waals surface area contributed by atoms with E-state index in [0.717, 1.165) is 37.1 Å². The van der Waals surface area contributed by atoms with Crippen LogP contribution >= 0.6 is 0 Å². The van der Waals surface area contributed by atoms with Gasteiger partial charge in [0.25, 0.3) is 0 Å². The average Bonchev–Trinajstić information content (AvgIpc) is 2.82. The predicted molar refractivity (Wildman–Crippen MR) is 79.2 cm³/mol. The number of nitrogen functional groups attached to an aromatic ring is 1. The van der Waals surface area contributed by atoms with Gasteiger partial charge in [-0.05, 0) is 44.1 Å². The van der Waals surface area contributed by atoms with Crippen LogP contribution in [0.25, 0.3) is 11.0 Å². The van der Waals surface area contributed by atoms with Gasteiger partial charge in [0, 0.05) is 12.6 Å². The third-order valence-electron chi connectivity index (χ3n) is 4.14. The smallest absolute Gasteiger partial charge is 0.201 e. The number of benzene rings is 1. The summed E-state index contributed by atoms with van der Waals surface area (Å²) in [6, 6.07) is 8.09. The number of nitrogens with two attached hydrogens (primary N) is 1. The highest BCUT2D eigenvalue weighted by atomic mass is 15.2. The van der Waals surface area contributed by atoms with Gasteiger partial charge in [-0.2, -0.15) is 5.26 Å². The maximum Gasteiger partial charge on any atom is 0.201 e. The van der Waals surface area contributed by atoms with Gasteiger partial charge in [0.1, 0.15) is 0 Å². The lowest BCUT2D eigenvalue weighted by atomic mass is 10.1. The van der Waals surface area contributed by atoms with Crippen molar-refractivity contribution in [2.24, 2.45) is 0 Å². The zero-order valence-electron chi connectivity index (χ0n) is 11.7. The standard InChI is InChI=1S/C15H19N5/c1-2-19-7-3-4-12(10-19)20-14-8-11(9-16)5-6-13(14)18-15(20)17/h5-6,8,12H,2-4,7,10H2,1H3,(H2,17,18). The Kier molecular flexibility index (Phi) is 3.33. The number of nitrogens with zero attached hydrogens (tertiary/aromatic N) is 4. The lowest BCUT2D eigenvalue weighted by molar-refractivity contribution is 0.188. The number of hydrogen-bond acceptors (Lipinski definition) is 4. The second kappa shape index (κ2) is 5.14. The van der Waals surface area contributed by atoms with E-state index in [1.165, 1.54) is 6.42 Å². The summed E-state index contributed by atoms with van der Waals surface area (Å²) in [5, 5.41) is 9.07. The monoisotopic (exact) mass is 269 g/mol. The number of rotatable bonds is 2. The van der Waals surface area contributed by atoms with Crippen LogP contribution in [0.3, 0.4) is 0 Å². The van der Waals surface area contributed by atoms with E-state index in [2.05, 4.69) is 27.4 Å². The Labute approximate surface area is 118 Å². The third kappa shape index (κ3) is 2.12. The topological polar surface area (TPSA) is 70.9 Å². The van der Waals surface area contributed by atoms with Crippen LogP contribution < -0.4 is 5.73 Å². The number of likely N-dealkylation sites (N-methyl/N-ethyl adjacent to an activating group) is 1. The van der Waals surface area contributed by atoms with Gasteiger partial charge in [0.2, 0.25) is 5.95 Å². The number of anilines is 1. The molecule has 1 unspecified atom stereocenters. The Morgan fingerprint density at radius 3 is 3.10 bits per heavy atom. The van der Waals surface area contributed by atoms with Crippen molar-refractivity contribution in [2.45, 2.75) is 25.8 Å². The molecule has 2 N–H and O–H groups in total. The maximum atomic E-state index is 9.07. The molecule has 1 atom stereocenters. The molecule has 2 heterocycles. The maximum absolute atomic E-state index is 9.07. The summed E-state index contributed by atoms with van der Waals surface area (Å²) in [4.78, 5) is 6.87. The van der Waals surface area contributed by atoms with E-state index < -0.39 is 0 Å². The molecule has 1 saturated heterocycles. The first-order chi connectivity index (χ1) is 9.72. The molecular formula is C15H19N5. The van der Waals surface area contributed by atoms with Crippen molar-refractivity contribution in [3.05, 3.63) is 23.8 Å². The summed E-state index contributed by atoms with van der Waals surface area (Å²) in [6.07, 6.45) is 2.29. The van der Waals surface area contributed by atoms with E-state index in [1.54, 1.807) is 6.07 Å². The van der Waals surface area contributed by atoms with Crippen LogP contribution in [-0.4, -0.2) is 34.1 Å². The second-order valence-corrected chi connectivity index (χ2v) is 5.34. The molecule has 2 aromatic rings. The molecule has 0 spiro atoms. The van der Waals surface area contributed by atoms with E-state index in [4.69, 9.17) is 11.0 Å². The molecule has 5 nitrogen and oxygen atoms in total. The molecule has 1 aliphatic heterocycles. The quantitative estimate of drug-likeness (QED) is 0.906. The molecule has 1 fully saturated rings. The second-order valence-electron chi connectivity index (χ2n) is 5.34. The Morgan fingerprint density at radius 1 is 1.50 bits per heavy atom. The van der Waals surface area contributed by atoms with Crippen LogP contribution in [-0.2, 0) is 0 Å². The van der Waals surface area contributed by atoms with Gasteiger partial charge in [-0.25, -0.2) is 4.98 Å². The summed E-state index contributed by atoms with van der Waals surface area (Å²) in [6.45, 7) is 5.41. The van der Waals surface area contributed by atoms with Crippen LogP contribution in [0.4, 0.5) is 5.95 Å². The van der Waals surface area contributed by atoms with Crippen LogP contribution in [0, 0.1) is 11.3 Å². The first kappa shape index (κ1) is 12.9. The summed E-state index contributed by atoms with van der Waals surface area (Å²) >= 11 is 0. The highest BCUT2D eigenvalue weighted by Crippen LogP contribution is 2.29. The minimum atomic E-state index is 0.350. The summed E-state index contributed by atoms with van der Waals surface area (Å²) in [5.74, 6) is 0.554. The number of nitriles is 1. The number of hydrogen-bond donors (Lipinski definition) is 1. The van der Waals surface area contributed by atoms with Crippen molar-refractivity contribution in [3.63, 3.8) is 0 Å². The first-order valence-electron chi connectivity index (χ1n) is 7.13. The van der Waals surface area contributed by atoms with E-state index >= 15 is 0 Å². The van der Waals surface area contributed by atoms with Crippen LogP contribution in [0.2, 0.25) is 0 Å². The number of likely N-dealkylation sites (tertiary alicyclic amines) is 1. The molecule has 0 aliphatic carbocycles. The van der Waals surface area contributed by atoms with Gasteiger partial charge in [-0.3, -0.25) is 0 Å². The van der Waals surface area contributed by atoms with Crippen molar-refractivity contribution < 1.29 is 0 Å². The molecule has 3 rings (SSSR count). The van der Waals surface area contributed by atoms with Gasteiger partial charge in [0.05, 0.1) is 22.7 Å². The highest BCUT2D eigenvalue weighted by Gasteiger charge is 2.23. The first-order valence-corrected chi connectivity index (χ1v) is 7.13. The molecule has 104 valence electrons. The van der Waals surface area contributed by atoms with Crippen molar-refractivity contribution in [2.75, 3.05) is 25.4 Å². The van der Waals surface area contributed by atoms with E-state index in [9.17, 15) is 0 Å². The van der Waals surface area contributed by atoms with Crippen LogP contribution in [0.5, 0.6) is 0 Å². The fourth-order valence-electron chi connectivity index (χ4n) is 3.09. The van der Waals surface area contributed by atoms with Gasteiger partial charge >= 0.3 is 0 Å². The largest absolute Gasteiger partial charge is 0.369 e. The van der Waals surface area contributed by atoms with Crippen LogP contribution in [0.15, 0.2) is 18.2 Å². The highest BCUT2D eigenvalue weighted by molar-refractivity contribution is 5.80. The summed E-state index contributed by atoms with van der Waals surface area (Å²) in [7, 11) is 0. The van der Waals surface area contributed by atoms with E-state index in [1.807, 2.05) is 12.1 Å². The Hall–Kier alpha value is -2.06. The summed E-state index contributed by atoms with van der Waals surface area (Å²) < 4.78 is 2.11. The number of piperidine rings is 1. The molecular weight excluding hydrogens is 250 g/mol. The van der Waals surface area contributed by atoms with Crippen molar-refractivity contribution in [3.8, 4) is 6.07 Å². The number of imidazole rings is 1. The lowest BCUT2D eigenvalue weighted by Gasteiger charge is -2.33. The molecule has 20 heavy (non-hydrogen) atoms. The number of fused-ring (bicyclic) bond motifs is 1. The molecule has 1 aromatic heterocycles. The lowest BCUT2D eigenvalue weighted by Crippen LogP contribution is -2.36. The van der Waals surface area contributed by atoms with E-state index in [-0.39, 0.29) is 0 Å². The Bertz CT molecular complexity index is 667. The predicted octanol–water partition coefficient (Wildman–Crippen LogP) is 2.15. The Balaban J connectivity index is 2.05. The van der Waals surface area contributed by atoms with Gasteiger partial charge < -0.3 is 15.2 Å². The summed E-state index contributed by atoms with van der Waals surface area (Å²) in [5.41, 5.74) is 8.61. The molecule has 0 bridgehead atoms. The molecule has 0 saturated carbocycles. The minimum Gasteiger partial charge on any atom is -0.369 e. The average molecular weight is 269 g/mol. The van der Waals surface area contributed by atoms with Gasteiger partial charge in [-0.1, -0.05) is 6.92 Å². The van der Waals surface area contributed by atoms with Crippen LogP contribution in [0.1, 0.15) is 31.4 Å². The van der Waals surface area contributed by atoms with Crippen molar-refractivity contribution in [1.29, 1.82) is 5.26 Å². The molecule has 0 radical (unpaired) electrons. The fraction of sp³-hybridized carbons (Fsp3) is 0.467. The molecule has 1 aliphatic rings. The Morgan fingerprint density at radius 2 is 2.35 bits per heavy atom. The van der Waals surface area contributed by atoms with Gasteiger partial charge in [-0.15, -0.1) is 0 Å². The molecule has 1 aromatic carbocycles. The third-order valence-corrected chi connectivity index (χ3v) is 4.14. The minimum absolute atomic E-state index is 0.350. The number of aromatic nitrogens is 2. The van der Waals surface area contributed by atoms with Crippen molar-refractivity contribution in [1.82, 2.24) is 14.5 Å². The SMILES string of the molecule is CCN1CCCC(n2c(N)nc3ccc(C#N)cc32)C1. The van der Waals surface area contributed by atoms with Gasteiger partial charge in [0.15, 0.2) is 0 Å².